The van der Waals surface area contributed by atoms with Gasteiger partial charge in [-0.1, -0.05) is 0 Å². The number of carbonyl (C=O) groups is 1. The van der Waals surface area contributed by atoms with E-state index in [1.807, 2.05) is 0 Å². The molecule has 1 fully saturated rings. The minimum atomic E-state index is -1.68. The van der Waals surface area contributed by atoms with Crippen LogP contribution in [-0.2, 0) is 4.74 Å². The Morgan fingerprint density at radius 1 is 1.00 bits per heavy atom. The molecule has 0 aromatic heterocycles. The molecule has 2 aromatic carbocycles. The molecule has 6 N–H and O–H groups in total. The van der Waals surface area contributed by atoms with Crippen LogP contribution >= 0.6 is 0 Å². The molecule has 12 nitrogen and oxygen atoms in total. The number of carbonyl (C=O) groups excluding carboxylic acids is 1. The molecule has 0 aliphatic carbocycles. The average Bonchev–Trinajstić information content (AvgIpc) is 2.84. The normalized spacial score (nSPS) is 28.1. The Morgan fingerprint density at radius 2 is 1.74 bits per heavy atom. The van der Waals surface area contributed by atoms with E-state index in [-0.39, 0.29) is 52.0 Å². The summed E-state index contributed by atoms with van der Waals surface area (Å²) in [4.78, 5) is 13.0. The standard InChI is InChI=1S/C23H26O12/c1-31-15-7-12(27)17-11(26)6-14(33-22(17)21(15)32-2)10-5-9(25)3-4-13(10)34-23-20(30)19(29)18(28)16(8-24)35-23/h3-5,7,14,16,18-20,23-25,27-30H,6,8H2,1-2H3/t14-,16-,18-,19-,20-,23-/m0/s1. The van der Waals surface area contributed by atoms with Crippen LogP contribution in [0.5, 0.6) is 34.5 Å². The minimum absolute atomic E-state index is 0.0273. The van der Waals surface area contributed by atoms with Crippen LogP contribution in [0.4, 0.5) is 0 Å². The molecule has 4 rings (SSSR count). The van der Waals surface area contributed by atoms with E-state index in [4.69, 9.17) is 23.7 Å². The van der Waals surface area contributed by atoms with Gasteiger partial charge in [-0.05, 0) is 18.2 Å². The highest BCUT2D eigenvalue weighted by molar-refractivity contribution is 6.04. The molecule has 0 unspecified atom stereocenters. The second-order valence-electron chi connectivity index (χ2n) is 8.11. The lowest BCUT2D eigenvalue weighted by Crippen LogP contribution is -2.60. The van der Waals surface area contributed by atoms with E-state index in [1.165, 1.54) is 38.5 Å². The summed E-state index contributed by atoms with van der Waals surface area (Å²) < 4.78 is 27.7. The predicted octanol–water partition coefficient (Wildman–Crippen LogP) is 0.000200. The maximum absolute atomic E-state index is 13.0. The molecular formula is C23H26O12. The lowest BCUT2D eigenvalue weighted by atomic mass is 9.94. The zero-order chi connectivity index (χ0) is 25.4. The number of fused-ring (bicyclic) bond motifs is 1. The molecule has 2 heterocycles. The van der Waals surface area contributed by atoms with Gasteiger partial charge >= 0.3 is 0 Å². The van der Waals surface area contributed by atoms with Gasteiger partial charge in [0.1, 0.15) is 53.3 Å². The maximum Gasteiger partial charge on any atom is 0.229 e. The third-order valence-electron chi connectivity index (χ3n) is 5.95. The van der Waals surface area contributed by atoms with E-state index >= 15 is 0 Å². The first-order chi connectivity index (χ1) is 16.7. The molecule has 2 aromatic rings. The molecule has 1 saturated heterocycles. The van der Waals surface area contributed by atoms with Crippen molar-refractivity contribution in [3.05, 3.63) is 35.4 Å². The van der Waals surface area contributed by atoms with E-state index < -0.39 is 49.2 Å². The Hall–Kier alpha value is -3.29. The van der Waals surface area contributed by atoms with E-state index in [1.54, 1.807) is 0 Å². The molecular weight excluding hydrogens is 468 g/mol. The van der Waals surface area contributed by atoms with Crippen molar-refractivity contribution < 1.29 is 59.1 Å². The predicted molar refractivity (Wildman–Crippen MR) is 116 cm³/mol. The second-order valence-corrected chi connectivity index (χ2v) is 8.11. The molecule has 0 bridgehead atoms. The number of rotatable bonds is 6. The van der Waals surface area contributed by atoms with E-state index in [0.717, 1.165) is 0 Å². The molecule has 2 aliphatic heterocycles. The third kappa shape index (κ3) is 4.42. The number of hydrogen-bond acceptors (Lipinski definition) is 12. The number of ether oxygens (including phenoxy) is 5. The number of phenols is 2. The number of aliphatic hydroxyl groups excluding tert-OH is 4. The van der Waals surface area contributed by atoms with Gasteiger partial charge in [-0.15, -0.1) is 0 Å². The summed E-state index contributed by atoms with van der Waals surface area (Å²) in [5, 5.41) is 60.2. The highest BCUT2D eigenvalue weighted by atomic mass is 16.7. The Labute approximate surface area is 199 Å². The third-order valence-corrected chi connectivity index (χ3v) is 5.95. The van der Waals surface area contributed by atoms with E-state index in [9.17, 15) is 35.4 Å². The molecule has 0 spiro atoms. The number of ketones is 1. The topological polar surface area (TPSA) is 185 Å². The smallest absolute Gasteiger partial charge is 0.229 e. The summed E-state index contributed by atoms with van der Waals surface area (Å²) in [5.74, 6) is -0.830. The monoisotopic (exact) mass is 494 g/mol. The van der Waals surface area contributed by atoms with Crippen LogP contribution in [0.2, 0.25) is 0 Å². The Balaban J connectivity index is 1.71. The van der Waals surface area contributed by atoms with Gasteiger partial charge in [0.2, 0.25) is 12.0 Å². The summed E-state index contributed by atoms with van der Waals surface area (Å²) in [6.07, 6.45) is -8.87. The SMILES string of the molecule is COc1cc(O)c2c(c1OC)O[C@H](c1cc(O)ccc1O[C@H]1O[C@@H](CO)[C@H](O)[C@H](O)[C@@H]1O)CC2=O. The van der Waals surface area contributed by atoms with Crippen LogP contribution in [-0.4, -0.2) is 88.0 Å². The number of aromatic hydroxyl groups is 2. The lowest BCUT2D eigenvalue weighted by Gasteiger charge is -2.40. The van der Waals surface area contributed by atoms with Crippen LogP contribution in [0.15, 0.2) is 24.3 Å². The van der Waals surface area contributed by atoms with E-state index in [2.05, 4.69) is 0 Å². The van der Waals surface area contributed by atoms with Crippen molar-refractivity contribution in [2.45, 2.75) is 43.2 Å². The summed E-state index contributed by atoms with van der Waals surface area (Å²) in [6, 6.07) is 5.16. The van der Waals surface area contributed by atoms with Crippen molar-refractivity contribution in [1.82, 2.24) is 0 Å². The van der Waals surface area contributed by atoms with Crippen LogP contribution in [0.25, 0.3) is 0 Å². The summed E-state index contributed by atoms with van der Waals surface area (Å²) in [6.45, 7) is -0.643. The zero-order valence-corrected chi connectivity index (χ0v) is 18.8. The highest BCUT2D eigenvalue weighted by Gasteiger charge is 2.45. The molecule has 0 saturated carbocycles. The fraction of sp³-hybridized carbons (Fsp3) is 0.435. The van der Waals surface area contributed by atoms with Gasteiger partial charge in [0, 0.05) is 11.6 Å². The largest absolute Gasteiger partial charge is 0.508 e. The zero-order valence-electron chi connectivity index (χ0n) is 18.8. The van der Waals surface area contributed by atoms with Crippen LogP contribution in [0.3, 0.4) is 0 Å². The number of phenolic OH excluding ortho intramolecular Hbond substituents is 2. The molecule has 190 valence electrons. The number of Topliss-reactive ketones (excluding diaryl/α,β-unsaturated/α-hetero) is 1. The summed E-state index contributed by atoms with van der Waals surface area (Å²) >= 11 is 0. The van der Waals surface area contributed by atoms with Gasteiger partial charge in [0.05, 0.1) is 27.2 Å². The second kappa shape index (κ2) is 9.76. The quantitative estimate of drug-likeness (QED) is 0.316. The minimum Gasteiger partial charge on any atom is -0.508 e. The Bertz CT molecular complexity index is 1100. The van der Waals surface area contributed by atoms with E-state index in [0.29, 0.717) is 0 Å². The maximum atomic E-state index is 13.0. The van der Waals surface area contributed by atoms with Crippen LogP contribution in [0, 0.1) is 0 Å². The van der Waals surface area contributed by atoms with Gasteiger partial charge in [-0.3, -0.25) is 4.79 Å². The van der Waals surface area contributed by atoms with Gasteiger partial charge < -0.3 is 54.3 Å². The summed E-state index contributed by atoms with van der Waals surface area (Å²) in [7, 11) is 2.70. The molecule has 12 heteroatoms. The fourth-order valence-electron chi connectivity index (χ4n) is 4.14. The number of hydrogen-bond donors (Lipinski definition) is 6. The molecule has 6 atom stereocenters. The van der Waals surface area contributed by atoms with Crippen molar-refractivity contribution in [2.75, 3.05) is 20.8 Å². The summed E-state index contributed by atoms with van der Waals surface area (Å²) in [5.41, 5.74) is 0.0979. The molecule has 2 aliphatic rings. The molecule has 0 radical (unpaired) electrons. The van der Waals surface area contributed by atoms with Crippen LogP contribution in [0.1, 0.15) is 28.4 Å². The van der Waals surface area contributed by atoms with Gasteiger partial charge in [-0.25, -0.2) is 0 Å². The molecule has 0 amide bonds. The van der Waals surface area contributed by atoms with Crippen molar-refractivity contribution in [2.24, 2.45) is 0 Å². The first kappa shape index (κ1) is 24.8. The first-order valence-corrected chi connectivity index (χ1v) is 10.7. The van der Waals surface area contributed by atoms with Crippen molar-refractivity contribution in [1.29, 1.82) is 0 Å². The lowest BCUT2D eigenvalue weighted by molar-refractivity contribution is -0.277. The van der Waals surface area contributed by atoms with Crippen molar-refractivity contribution >= 4 is 5.78 Å². The molecule has 35 heavy (non-hydrogen) atoms. The number of aliphatic hydroxyl groups is 4. The Kier molecular flexibility index (Phi) is 6.92. The average molecular weight is 494 g/mol. The van der Waals surface area contributed by atoms with Gasteiger partial charge in [0.15, 0.2) is 17.3 Å². The van der Waals surface area contributed by atoms with Gasteiger partial charge in [0.25, 0.3) is 0 Å². The Morgan fingerprint density at radius 3 is 2.40 bits per heavy atom. The van der Waals surface area contributed by atoms with Crippen LogP contribution < -0.4 is 18.9 Å². The van der Waals surface area contributed by atoms with Crippen molar-refractivity contribution in [3.63, 3.8) is 0 Å². The fourth-order valence-corrected chi connectivity index (χ4v) is 4.14. The number of benzene rings is 2. The van der Waals surface area contributed by atoms with Gasteiger partial charge in [-0.2, -0.15) is 0 Å². The van der Waals surface area contributed by atoms with Crippen molar-refractivity contribution in [3.8, 4) is 34.5 Å². The number of methoxy groups -OCH3 is 2. The first-order valence-electron chi connectivity index (χ1n) is 10.7. The highest BCUT2D eigenvalue weighted by Crippen LogP contribution is 2.51.